The van der Waals surface area contributed by atoms with Gasteiger partial charge in [-0.25, -0.2) is 53.6 Å². The number of hydrogen-bond acceptors (Lipinski definition) is 26. The van der Waals surface area contributed by atoms with Gasteiger partial charge >= 0.3 is 18.5 Å². The Hall–Kier alpha value is -6.81. The fourth-order valence-corrected chi connectivity index (χ4v) is 13.4. The molecule has 0 radical (unpaired) electrons. The van der Waals surface area contributed by atoms with E-state index in [-0.39, 0.29) is 66.1 Å². The molecule has 0 amide bonds. The number of nitrogens with zero attached hydrogens (tertiary/aromatic N) is 13. The summed E-state index contributed by atoms with van der Waals surface area (Å²) in [5, 5.41) is 12.4. The molecule has 2 saturated carbocycles. The van der Waals surface area contributed by atoms with Crippen LogP contribution in [0.2, 0.25) is 15.5 Å². The van der Waals surface area contributed by atoms with Crippen molar-refractivity contribution in [3.05, 3.63) is 142 Å². The minimum Gasteiger partial charge on any atom is -0.374 e. The number of nitrogen functional groups attached to an aromatic ring is 1. The molecule has 2 saturated heterocycles. The first-order chi connectivity index (χ1) is 47.3. The van der Waals surface area contributed by atoms with Crippen LogP contribution in [0.4, 0.5) is 81.1 Å². The summed E-state index contributed by atoms with van der Waals surface area (Å²) in [4.78, 5) is 75.7. The molecule has 41 heteroatoms. The molecule has 3 aromatic carbocycles. The van der Waals surface area contributed by atoms with Crippen LogP contribution in [0.25, 0.3) is 0 Å². The molecule has 0 unspecified atom stereocenters. The van der Waals surface area contributed by atoms with Gasteiger partial charge in [-0.15, -0.1) is 12.4 Å². The highest BCUT2D eigenvalue weighted by atomic mass is 35.5. The average Bonchev–Trinajstić information content (AvgIpc) is 1.67. The van der Waals surface area contributed by atoms with Crippen LogP contribution < -0.4 is 26.6 Å². The summed E-state index contributed by atoms with van der Waals surface area (Å²) in [5.41, 5.74) is 4.69. The van der Waals surface area contributed by atoms with Gasteiger partial charge in [0.1, 0.15) is 99.8 Å². The Morgan fingerprint density at radius 2 is 0.871 bits per heavy atom. The molecule has 4 fully saturated rings. The second-order valence-electron chi connectivity index (χ2n) is 22.4. The Bertz CT molecular complexity index is 4130. The number of nitrogens with two attached hydrogens (primary N) is 1. The third-order valence-electron chi connectivity index (χ3n) is 14.1. The molecule has 0 spiro atoms. The molecule has 5 N–H and O–H groups in total. The minimum atomic E-state index is -4.51. The van der Waals surface area contributed by atoms with Crippen molar-refractivity contribution in [2.75, 3.05) is 47.4 Å². The summed E-state index contributed by atoms with van der Waals surface area (Å²) in [5.74, 6) is -0.538. The summed E-state index contributed by atoms with van der Waals surface area (Å²) in [6.07, 6.45) is -10.2. The van der Waals surface area contributed by atoms with Gasteiger partial charge in [0.15, 0.2) is 20.6 Å². The third kappa shape index (κ3) is 27.7. The highest BCUT2D eigenvalue weighted by Crippen LogP contribution is 2.49. The number of nitrogens with one attached hydrogen (secondary N) is 3. The molecule has 6 aromatic heterocycles. The number of halogens is 15. The van der Waals surface area contributed by atoms with Crippen molar-refractivity contribution in [3.8, 4) is 0 Å². The summed E-state index contributed by atoms with van der Waals surface area (Å²) < 4.78 is 150. The van der Waals surface area contributed by atoms with E-state index in [1.54, 1.807) is 84.9 Å². The van der Waals surface area contributed by atoms with Crippen LogP contribution in [-0.4, -0.2) is 131 Å². The van der Waals surface area contributed by atoms with Crippen molar-refractivity contribution in [2.45, 2.75) is 124 Å². The normalized spacial score (nSPS) is 15.0. The van der Waals surface area contributed by atoms with E-state index in [0.29, 0.717) is 84.0 Å². The lowest BCUT2D eigenvalue weighted by molar-refractivity contribution is -0.153. The van der Waals surface area contributed by atoms with Gasteiger partial charge in [-0.3, -0.25) is 14.4 Å². The number of Topliss-reactive ketones (excluding diaryl/α,β-unsaturated/α-hetero) is 3. The first kappa shape index (κ1) is 79.9. The van der Waals surface area contributed by atoms with Crippen LogP contribution in [0.1, 0.15) is 61.6 Å². The zero-order valence-corrected chi connectivity index (χ0v) is 59.7. The predicted octanol–water partition coefficient (Wildman–Crippen LogP) is 16.4. The maximum Gasteiger partial charge on any atom is 0.395 e. The van der Waals surface area contributed by atoms with E-state index >= 15 is 0 Å². The number of aromatic nitrogens is 12. The Balaban J connectivity index is 0.000000176. The van der Waals surface area contributed by atoms with Crippen LogP contribution in [0.15, 0.2) is 140 Å². The lowest BCUT2D eigenvalue weighted by Gasteiger charge is -2.45. The standard InChI is InChI=1S/C22H20F4N6OS2.C16H11ClF3N5OS2.C14H9Cl2F3N2OS.C6H10FN.C2H3N3S.ClH/c23-21(14-3-4-14)10-32(11-21)18-8-17(29-19-27-12-28-35-19)30-20(31-18)34-16-5-1-13(2-6-16)7-15(33)9-22(24,25)26;17-12-6-13(24-14-21-8-22-28-14)25-15(23-12)27-11-3-1-9(2-4-11)5-10(26)7-16(18,19)20;15-11-6-12(16)21-13(20-11)23-10-3-1-8(2-4-10)5-9(22)7-14(17,18)19;7-6(3-8-4-6)5-1-2-5;3-2-4-1-5-6-2;/h1-2,5-6,8,12,14H,3-4,7,9-11H2,(H,27,28,29,30,31);1-4,6,8H,5,7H2,(H,21,22,23,24,25);1-4,6H,5,7H2;5,8H,1-4H2;1H,(H2,3,4,5);1H. The Labute approximate surface area is 614 Å². The van der Waals surface area contributed by atoms with Crippen LogP contribution >= 0.6 is 117 Å². The van der Waals surface area contributed by atoms with Gasteiger partial charge in [-0.1, -0.05) is 71.2 Å². The molecular formula is C60H54Cl4F11N17O3S6. The summed E-state index contributed by atoms with van der Waals surface area (Å²) >= 11 is 24.8. The Morgan fingerprint density at radius 3 is 1.19 bits per heavy atom. The number of benzene rings is 3. The van der Waals surface area contributed by atoms with Crippen molar-refractivity contribution in [3.63, 3.8) is 0 Å². The van der Waals surface area contributed by atoms with Gasteiger partial charge in [0.2, 0.25) is 10.3 Å². The molecule has 20 nitrogen and oxygen atoms in total. The minimum absolute atomic E-state index is 0. The van der Waals surface area contributed by atoms with Gasteiger partial charge in [0.25, 0.3) is 0 Å². The van der Waals surface area contributed by atoms with Gasteiger partial charge in [0, 0.05) is 99.8 Å². The summed E-state index contributed by atoms with van der Waals surface area (Å²) in [7, 11) is 0. The molecule has 2 aliphatic carbocycles. The van der Waals surface area contributed by atoms with Crippen molar-refractivity contribution in [1.82, 2.24) is 63.3 Å². The fourth-order valence-electron chi connectivity index (χ4n) is 9.21. The number of carbonyl (C=O) groups is 3. The van der Waals surface area contributed by atoms with Crippen LogP contribution in [0.3, 0.4) is 0 Å². The average molecular weight is 1600 g/mol. The third-order valence-corrected chi connectivity index (χ3v) is 18.9. The van der Waals surface area contributed by atoms with E-state index < -0.39 is 66.5 Å². The molecule has 9 aromatic rings. The number of rotatable bonds is 22. The Kier molecular flexibility index (Phi) is 28.5. The maximum atomic E-state index is 14.9. The first-order valence-corrected chi connectivity index (χ1v) is 35.4. The molecular weight excluding hydrogens is 1550 g/mol. The van der Waals surface area contributed by atoms with Crippen molar-refractivity contribution in [2.24, 2.45) is 11.8 Å². The van der Waals surface area contributed by atoms with E-state index in [0.717, 1.165) is 51.9 Å². The largest absolute Gasteiger partial charge is 0.395 e. The van der Waals surface area contributed by atoms with Crippen molar-refractivity contribution in [1.29, 1.82) is 0 Å². The predicted molar refractivity (Wildman–Crippen MR) is 367 cm³/mol. The highest BCUT2D eigenvalue weighted by Gasteiger charge is 2.54. The quantitative estimate of drug-likeness (QED) is 0.0279. The molecule has 4 aliphatic rings. The molecule has 13 rings (SSSR count). The molecule has 8 heterocycles. The van der Waals surface area contributed by atoms with Crippen LogP contribution in [0.5, 0.6) is 0 Å². The second-order valence-corrected chi connectivity index (χ2v) is 29.1. The van der Waals surface area contributed by atoms with Crippen LogP contribution in [0, 0.1) is 11.8 Å². The van der Waals surface area contributed by atoms with Gasteiger partial charge in [0.05, 0.1) is 13.1 Å². The van der Waals surface area contributed by atoms with E-state index in [1.807, 2.05) is 4.90 Å². The molecule has 0 atom stereocenters. The summed E-state index contributed by atoms with van der Waals surface area (Å²) in [6, 6.07) is 24.4. The number of hydrogen-bond donors (Lipinski definition) is 4. The van der Waals surface area contributed by atoms with Gasteiger partial charge in [-0.2, -0.15) is 52.6 Å². The van der Waals surface area contributed by atoms with Crippen molar-refractivity contribution < 1.29 is 62.7 Å². The van der Waals surface area contributed by atoms with Crippen molar-refractivity contribution >= 4 is 167 Å². The SMILES string of the molecule is Cl.FC1(C2CC2)CNC1.Nc1ncns1.O=C(Cc1ccc(Sc2nc(Cl)cc(Cl)n2)cc1)CC(F)(F)F.O=C(Cc1ccc(Sc2nc(Cl)cc(Nc3ncns3)n2)cc1)CC(F)(F)F.O=C(Cc1ccc(Sc2nc(Nc3ncns3)cc(N3CC(F)(C4CC4)C3)n2)cc1)CC(F)(F)F. The highest BCUT2D eigenvalue weighted by molar-refractivity contribution is 7.99. The number of ketones is 3. The molecule has 538 valence electrons. The Morgan fingerprint density at radius 1 is 0.515 bits per heavy atom. The molecule has 2 aliphatic heterocycles. The van der Waals surface area contributed by atoms with E-state index in [2.05, 4.69) is 73.9 Å². The van der Waals surface area contributed by atoms with E-state index in [1.165, 1.54) is 83.4 Å². The zero-order chi connectivity index (χ0) is 71.8. The first-order valence-electron chi connectivity index (χ1n) is 29.5. The van der Waals surface area contributed by atoms with Gasteiger partial charge in [-0.05, 0) is 126 Å². The monoisotopic (exact) mass is 1600 g/mol. The van der Waals surface area contributed by atoms with E-state index in [4.69, 9.17) is 40.5 Å². The fraction of sp³-hybridized carbons (Fsp3) is 0.350. The number of carbonyl (C=O) groups excluding carboxylic acids is 3. The lowest BCUT2D eigenvalue weighted by Crippen LogP contribution is -2.60. The van der Waals surface area contributed by atoms with Gasteiger partial charge < -0.3 is 26.6 Å². The second kappa shape index (κ2) is 36.1. The van der Waals surface area contributed by atoms with E-state index in [9.17, 15) is 62.7 Å². The summed E-state index contributed by atoms with van der Waals surface area (Å²) in [6.45, 7) is 1.80. The topological polar surface area (TPSA) is 271 Å². The molecule has 101 heavy (non-hydrogen) atoms. The molecule has 0 bridgehead atoms. The zero-order valence-electron chi connectivity index (χ0n) is 51.7. The number of alkyl halides is 11. The number of anilines is 6. The maximum absolute atomic E-state index is 14.9. The van der Waals surface area contributed by atoms with Crippen LogP contribution in [-0.2, 0) is 33.6 Å². The lowest BCUT2D eigenvalue weighted by atomic mass is 9.91. The smallest absolute Gasteiger partial charge is 0.374 e.